The van der Waals surface area contributed by atoms with Crippen LogP contribution < -0.4 is 10.5 Å². The lowest BCUT2D eigenvalue weighted by atomic mass is 9.89. The molecule has 0 atom stereocenters. The first-order valence-corrected chi connectivity index (χ1v) is 12.7. The van der Waals surface area contributed by atoms with Crippen LogP contribution in [0.25, 0.3) is 11.1 Å². The number of nitriles is 1. The van der Waals surface area contributed by atoms with Gasteiger partial charge in [0.2, 0.25) is 0 Å². The summed E-state index contributed by atoms with van der Waals surface area (Å²) in [6.45, 7) is 2.97. The van der Waals surface area contributed by atoms with Crippen LogP contribution in [0, 0.1) is 11.3 Å². The first kappa shape index (κ1) is 24.1. The molecule has 0 aliphatic heterocycles. The number of pyridine rings is 1. The number of nitrogen functional groups attached to an aromatic ring is 1. The highest BCUT2D eigenvalue weighted by atomic mass is 16.5. The Hall–Kier alpha value is -2.54. The Morgan fingerprint density at radius 1 is 0.906 bits per heavy atom. The Kier molecular flexibility index (Phi) is 9.88. The second kappa shape index (κ2) is 13.1. The number of fused-ring (bicyclic) bond motifs is 1. The first-order valence-electron chi connectivity index (χ1n) is 12.7. The molecule has 32 heavy (non-hydrogen) atoms. The average molecular weight is 434 g/mol. The third-order valence-electron chi connectivity index (χ3n) is 6.52. The standard InChI is InChI=1S/C28H39N3O/c1-2-3-4-13-20-32-23-18-16-22(17-19-23)27-24-14-11-9-7-5-6-8-10-12-15-26(24)31-28(30)25(27)21-29/h16-19H,2-15,20H2,1H3,(H2,30,31). The molecule has 0 radical (unpaired) electrons. The van der Waals surface area contributed by atoms with E-state index in [-0.39, 0.29) is 0 Å². The van der Waals surface area contributed by atoms with Crippen molar-refractivity contribution in [2.24, 2.45) is 0 Å². The summed E-state index contributed by atoms with van der Waals surface area (Å²) < 4.78 is 5.93. The number of hydrogen-bond acceptors (Lipinski definition) is 4. The molecule has 2 N–H and O–H groups in total. The van der Waals surface area contributed by atoms with E-state index in [9.17, 15) is 5.26 Å². The molecule has 1 aromatic heterocycles. The molecule has 4 nitrogen and oxygen atoms in total. The van der Waals surface area contributed by atoms with Gasteiger partial charge in [0.15, 0.2) is 0 Å². The van der Waals surface area contributed by atoms with Crippen molar-refractivity contribution in [1.29, 1.82) is 5.26 Å². The lowest BCUT2D eigenvalue weighted by molar-refractivity contribution is 0.305. The Balaban J connectivity index is 1.87. The van der Waals surface area contributed by atoms with Crippen LogP contribution >= 0.6 is 0 Å². The molecule has 0 unspecified atom stereocenters. The molecule has 0 bridgehead atoms. The molecular formula is C28H39N3O. The molecule has 3 rings (SSSR count). The molecular weight excluding hydrogens is 394 g/mol. The van der Waals surface area contributed by atoms with Gasteiger partial charge < -0.3 is 10.5 Å². The van der Waals surface area contributed by atoms with Crippen molar-refractivity contribution >= 4 is 5.82 Å². The SMILES string of the molecule is CCCCCCOc1ccc(-c2c(C#N)c(N)nc3c2CCCCCCCCCC3)cc1. The van der Waals surface area contributed by atoms with Crippen molar-refractivity contribution in [2.75, 3.05) is 12.3 Å². The van der Waals surface area contributed by atoms with Crippen LogP contribution in [0.5, 0.6) is 5.75 Å². The van der Waals surface area contributed by atoms with Crippen molar-refractivity contribution in [3.05, 3.63) is 41.1 Å². The monoisotopic (exact) mass is 433 g/mol. The van der Waals surface area contributed by atoms with Crippen LogP contribution in [0.1, 0.15) is 101 Å². The van der Waals surface area contributed by atoms with Gasteiger partial charge in [-0.3, -0.25) is 0 Å². The number of benzene rings is 1. The van der Waals surface area contributed by atoms with Gasteiger partial charge in [0, 0.05) is 11.3 Å². The van der Waals surface area contributed by atoms with Gasteiger partial charge in [-0.15, -0.1) is 0 Å². The van der Waals surface area contributed by atoms with Crippen molar-refractivity contribution in [2.45, 2.75) is 96.8 Å². The van der Waals surface area contributed by atoms with Gasteiger partial charge in [0.1, 0.15) is 23.2 Å². The maximum atomic E-state index is 9.92. The van der Waals surface area contributed by atoms with Crippen LogP contribution in [-0.2, 0) is 12.8 Å². The van der Waals surface area contributed by atoms with Crippen molar-refractivity contribution in [1.82, 2.24) is 4.98 Å². The zero-order chi connectivity index (χ0) is 22.6. The predicted octanol–water partition coefficient (Wildman–Crippen LogP) is 7.38. The van der Waals surface area contributed by atoms with Crippen LogP contribution in [0.4, 0.5) is 5.82 Å². The molecule has 4 heteroatoms. The number of rotatable bonds is 7. The minimum Gasteiger partial charge on any atom is -0.494 e. The summed E-state index contributed by atoms with van der Waals surface area (Å²) in [4.78, 5) is 4.71. The van der Waals surface area contributed by atoms with Crippen LogP contribution in [0.2, 0.25) is 0 Å². The van der Waals surface area contributed by atoms with Gasteiger partial charge in [-0.05, 0) is 55.4 Å². The average Bonchev–Trinajstić information content (AvgIpc) is 2.80. The van der Waals surface area contributed by atoms with E-state index in [2.05, 4.69) is 25.1 Å². The normalized spacial score (nSPS) is 15.1. The maximum absolute atomic E-state index is 9.92. The van der Waals surface area contributed by atoms with E-state index in [1.54, 1.807) is 0 Å². The lowest BCUT2D eigenvalue weighted by Crippen LogP contribution is -2.09. The number of hydrogen-bond donors (Lipinski definition) is 1. The molecule has 0 saturated carbocycles. The summed E-state index contributed by atoms with van der Waals surface area (Å²) in [5.41, 5.74) is 11.1. The quantitative estimate of drug-likeness (QED) is 0.462. The van der Waals surface area contributed by atoms with Crippen LogP contribution in [0.15, 0.2) is 24.3 Å². The number of ether oxygens (including phenoxy) is 1. The molecule has 1 aliphatic rings. The van der Waals surface area contributed by atoms with Gasteiger partial charge in [-0.1, -0.05) is 76.8 Å². The highest BCUT2D eigenvalue weighted by Crippen LogP contribution is 2.35. The third-order valence-corrected chi connectivity index (χ3v) is 6.52. The summed E-state index contributed by atoms with van der Waals surface area (Å²) in [6, 6.07) is 10.5. The lowest BCUT2D eigenvalue weighted by Gasteiger charge is -2.19. The molecule has 0 amide bonds. The fourth-order valence-electron chi connectivity index (χ4n) is 4.69. The number of aromatic nitrogens is 1. The number of anilines is 1. The van der Waals surface area contributed by atoms with Gasteiger partial charge in [0.05, 0.1) is 6.61 Å². The Morgan fingerprint density at radius 2 is 1.56 bits per heavy atom. The minimum absolute atomic E-state index is 0.365. The van der Waals surface area contributed by atoms with Crippen molar-refractivity contribution < 1.29 is 4.74 Å². The maximum Gasteiger partial charge on any atom is 0.142 e. The second-order valence-corrected chi connectivity index (χ2v) is 9.05. The zero-order valence-corrected chi connectivity index (χ0v) is 19.8. The molecule has 0 fully saturated rings. The fourth-order valence-corrected chi connectivity index (χ4v) is 4.69. The van der Waals surface area contributed by atoms with E-state index >= 15 is 0 Å². The second-order valence-electron chi connectivity index (χ2n) is 9.05. The molecule has 172 valence electrons. The van der Waals surface area contributed by atoms with Gasteiger partial charge in [-0.25, -0.2) is 4.98 Å². The fraction of sp³-hybridized carbons (Fsp3) is 0.571. The highest BCUT2D eigenvalue weighted by molar-refractivity contribution is 5.79. The van der Waals surface area contributed by atoms with Crippen molar-refractivity contribution in [3.8, 4) is 22.9 Å². The summed E-state index contributed by atoms with van der Waals surface area (Å²) in [6.07, 6.45) is 16.7. The number of nitrogens with zero attached hydrogens (tertiary/aromatic N) is 2. The predicted molar refractivity (Wildman–Crippen MR) is 133 cm³/mol. The van der Waals surface area contributed by atoms with Crippen LogP contribution in [0.3, 0.4) is 0 Å². The molecule has 1 aliphatic carbocycles. The largest absolute Gasteiger partial charge is 0.494 e. The van der Waals surface area contributed by atoms with E-state index in [4.69, 9.17) is 15.5 Å². The first-order chi connectivity index (χ1) is 15.7. The Bertz CT molecular complexity index is 883. The molecule has 0 saturated heterocycles. The minimum atomic E-state index is 0.365. The molecule has 1 heterocycles. The summed E-state index contributed by atoms with van der Waals surface area (Å²) in [5.74, 6) is 1.25. The number of aryl methyl sites for hydroxylation is 1. The van der Waals surface area contributed by atoms with Crippen LogP contribution in [-0.4, -0.2) is 11.6 Å². The van der Waals surface area contributed by atoms with E-state index in [0.29, 0.717) is 11.4 Å². The van der Waals surface area contributed by atoms with Crippen molar-refractivity contribution in [3.63, 3.8) is 0 Å². The summed E-state index contributed by atoms with van der Waals surface area (Å²) in [5, 5.41) is 9.92. The van der Waals surface area contributed by atoms with E-state index in [1.165, 1.54) is 63.4 Å². The van der Waals surface area contributed by atoms with Gasteiger partial charge in [0.25, 0.3) is 0 Å². The van der Waals surface area contributed by atoms with Gasteiger partial charge >= 0.3 is 0 Å². The smallest absolute Gasteiger partial charge is 0.142 e. The topological polar surface area (TPSA) is 71.9 Å². The zero-order valence-electron chi connectivity index (χ0n) is 19.8. The van der Waals surface area contributed by atoms with E-state index in [1.807, 2.05) is 12.1 Å². The molecule has 1 aromatic carbocycles. The summed E-state index contributed by atoms with van der Waals surface area (Å²) >= 11 is 0. The molecule has 0 spiro atoms. The third kappa shape index (κ3) is 6.73. The highest BCUT2D eigenvalue weighted by Gasteiger charge is 2.20. The summed E-state index contributed by atoms with van der Waals surface area (Å²) in [7, 11) is 0. The van der Waals surface area contributed by atoms with E-state index < -0.39 is 0 Å². The van der Waals surface area contributed by atoms with E-state index in [0.717, 1.165) is 61.3 Å². The Labute approximate surface area is 194 Å². The number of nitrogens with two attached hydrogens (primary N) is 1. The number of unbranched alkanes of at least 4 members (excludes halogenated alkanes) is 3. The molecule has 2 aromatic rings. The van der Waals surface area contributed by atoms with Gasteiger partial charge in [-0.2, -0.15) is 5.26 Å². The Morgan fingerprint density at radius 3 is 2.22 bits per heavy atom.